The van der Waals surface area contributed by atoms with Crippen LogP contribution < -0.4 is 15.2 Å². The van der Waals surface area contributed by atoms with Gasteiger partial charge in [0.2, 0.25) is 0 Å². The van der Waals surface area contributed by atoms with Gasteiger partial charge in [0.15, 0.2) is 23.1 Å². The summed E-state index contributed by atoms with van der Waals surface area (Å²) < 4.78 is 24.9. The molecule has 1 atom stereocenters. The minimum atomic E-state index is -0.442. The lowest BCUT2D eigenvalue weighted by molar-refractivity contribution is 0.368. The number of rotatable bonds is 4. The van der Waals surface area contributed by atoms with Crippen molar-refractivity contribution in [1.29, 1.82) is 0 Å². The van der Waals surface area contributed by atoms with E-state index in [1.165, 1.54) is 6.07 Å². The maximum Gasteiger partial charge on any atom is 0.169 e. The van der Waals surface area contributed by atoms with Crippen LogP contribution in [0.4, 0.5) is 4.39 Å². The van der Waals surface area contributed by atoms with Gasteiger partial charge >= 0.3 is 0 Å². The fourth-order valence-corrected chi connectivity index (χ4v) is 1.96. The van der Waals surface area contributed by atoms with E-state index >= 15 is 0 Å². The standard InChI is InChI=1S/C16H18FNO2/c1-10-7-8-14(15(9-10)19-3)20-16-12(11(2)18)5-4-6-13(16)17/h4-9,11H,18H2,1-3H3/t11-/m0/s1. The summed E-state index contributed by atoms with van der Waals surface area (Å²) in [5.41, 5.74) is 7.51. The van der Waals surface area contributed by atoms with Crippen molar-refractivity contribution in [3.05, 3.63) is 53.3 Å². The first kappa shape index (κ1) is 14.3. The zero-order valence-corrected chi connectivity index (χ0v) is 11.8. The van der Waals surface area contributed by atoms with Crippen LogP contribution in [0.2, 0.25) is 0 Å². The van der Waals surface area contributed by atoms with Gasteiger partial charge in [0.1, 0.15) is 0 Å². The summed E-state index contributed by atoms with van der Waals surface area (Å²) in [7, 11) is 1.55. The summed E-state index contributed by atoms with van der Waals surface area (Å²) in [4.78, 5) is 0. The average Bonchev–Trinajstić information content (AvgIpc) is 2.42. The van der Waals surface area contributed by atoms with Gasteiger partial charge in [0, 0.05) is 11.6 Å². The van der Waals surface area contributed by atoms with Crippen LogP contribution in [-0.4, -0.2) is 7.11 Å². The topological polar surface area (TPSA) is 44.5 Å². The van der Waals surface area contributed by atoms with Gasteiger partial charge in [0.25, 0.3) is 0 Å². The molecule has 0 heterocycles. The molecule has 0 bridgehead atoms. The molecule has 0 aliphatic carbocycles. The fourth-order valence-electron chi connectivity index (χ4n) is 1.96. The van der Waals surface area contributed by atoms with Crippen LogP contribution in [-0.2, 0) is 0 Å². The molecule has 0 aliphatic heterocycles. The van der Waals surface area contributed by atoms with Crippen LogP contribution in [0.15, 0.2) is 36.4 Å². The Morgan fingerprint density at radius 3 is 2.55 bits per heavy atom. The lowest BCUT2D eigenvalue weighted by Crippen LogP contribution is -2.08. The highest BCUT2D eigenvalue weighted by Gasteiger charge is 2.16. The normalized spacial score (nSPS) is 12.1. The largest absolute Gasteiger partial charge is 0.493 e. The van der Waals surface area contributed by atoms with Crippen LogP contribution in [0, 0.1) is 12.7 Å². The second kappa shape index (κ2) is 5.92. The molecule has 3 nitrogen and oxygen atoms in total. The van der Waals surface area contributed by atoms with E-state index in [9.17, 15) is 4.39 Å². The maximum absolute atomic E-state index is 14.0. The van der Waals surface area contributed by atoms with Crippen molar-refractivity contribution in [2.75, 3.05) is 7.11 Å². The van der Waals surface area contributed by atoms with E-state index in [1.54, 1.807) is 32.2 Å². The minimum Gasteiger partial charge on any atom is -0.493 e. The van der Waals surface area contributed by atoms with E-state index in [2.05, 4.69) is 0 Å². The summed E-state index contributed by atoms with van der Waals surface area (Å²) >= 11 is 0. The third-order valence-corrected chi connectivity index (χ3v) is 3.02. The Balaban J connectivity index is 2.45. The van der Waals surface area contributed by atoms with E-state index in [0.717, 1.165) is 5.56 Å². The van der Waals surface area contributed by atoms with E-state index < -0.39 is 5.82 Å². The molecule has 2 aromatic carbocycles. The molecule has 20 heavy (non-hydrogen) atoms. The van der Waals surface area contributed by atoms with E-state index in [0.29, 0.717) is 17.1 Å². The predicted octanol–water partition coefficient (Wildman–Crippen LogP) is 3.95. The highest BCUT2D eigenvalue weighted by molar-refractivity contribution is 5.47. The van der Waals surface area contributed by atoms with Crippen molar-refractivity contribution >= 4 is 0 Å². The fraction of sp³-hybridized carbons (Fsp3) is 0.250. The number of hydrogen-bond acceptors (Lipinski definition) is 3. The summed E-state index contributed by atoms with van der Waals surface area (Å²) in [6.07, 6.45) is 0. The minimum absolute atomic E-state index is 0.143. The molecule has 0 saturated heterocycles. The molecule has 0 aromatic heterocycles. The molecular weight excluding hydrogens is 257 g/mol. The van der Waals surface area contributed by atoms with Gasteiger partial charge in [-0.3, -0.25) is 0 Å². The van der Waals surface area contributed by atoms with Gasteiger partial charge in [0.05, 0.1) is 7.11 Å². The Labute approximate surface area is 118 Å². The molecule has 0 fully saturated rings. The highest BCUT2D eigenvalue weighted by atomic mass is 19.1. The van der Waals surface area contributed by atoms with Gasteiger partial charge in [-0.25, -0.2) is 4.39 Å². The van der Waals surface area contributed by atoms with Crippen LogP contribution in [0.25, 0.3) is 0 Å². The van der Waals surface area contributed by atoms with Crippen LogP contribution >= 0.6 is 0 Å². The quantitative estimate of drug-likeness (QED) is 0.918. The first-order valence-electron chi connectivity index (χ1n) is 6.39. The average molecular weight is 275 g/mol. The Morgan fingerprint density at radius 2 is 1.90 bits per heavy atom. The predicted molar refractivity (Wildman–Crippen MR) is 76.8 cm³/mol. The highest BCUT2D eigenvalue weighted by Crippen LogP contribution is 2.36. The van der Waals surface area contributed by atoms with Crippen molar-refractivity contribution in [2.45, 2.75) is 19.9 Å². The number of hydrogen-bond donors (Lipinski definition) is 1. The number of aryl methyl sites for hydroxylation is 1. The summed E-state index contributed by atoms with van der Waals surface area (Å²) in [6, 6.07) is 9.87. The molecule has 4 heteroatoms. The Bertz CT molecular complexity index is 611. The molecule has 0 aliphatic rings. The SMILES string of the molecule is COc1cc(C)ccc1Oc1c(F)cccc1[C@H](C)N. The Morgan fingerprint density at radius 1 is 1.15 bits per heavy atom. The molecular formula is C16H18FNO2. The Kier molecular flexibility index (Phi) is 4.25. The molecule has 2 N–H and O–H groups in total. The molecule has 0 saturated carbocycles. The third kappa shape index (κ3) is 2.91. The molecule has 0 spiro atoms. The van der Waals surface area contributed by atoms with Gasteiger partial charge in [-0.2, -0.15) is 0 Å². The number of ether oxygens (including phenoxy) is 2. The van der Waals surface area contributed by atoms with Crippen molar-refractivity contribution in [1.82, 2.24) is 0 Å². The number of para-hydroxylation sites is 1. The van der Waals surface area contributed by atoms with E-state index in [4.69, 9.17) is 15.2 Å². The van der Waals surface area contributed by atoms with Gasteiger partial charge in [-0.15, -0.1) is 0 Å². The smallest absolute Gasteiger partial charge is 0.169 e. The summed E-state index contributed by atoms with van der Waals surface area (Å²) in [6.45, 7) is 3.73. The van der Waals surface area contributed by atoms with Crippen molar-refractivity contribution in [3.63, 3.8) is 0 Å². The summed E-state index contributed by atoms with van der Waals surface area (Å²) in [5.74, 6) is 0.723. The first-order valence-corrected chi connectivity index (χ1v) is 6.39. The second-order valence-corrected chi connectivity index (χ2v) is 4.70. The number of benzene rings is 2. The first-order chi connectivity index (χ1) is 9.52. The van der Waals surface area contributed by atoms with Gasteiger partial charge < -0.3 is 15.2 Å². The lowest BCUT2D eigenvalue weighted by atomic mass is 10.1. The number of methoxy groups -OCH3 is 1. The van der Waals surface area contributed by atoms with Crippen molar-refractivity contribution in [3.8, 4) is 17.2 Å². The third-order valence-electron chi connectivity index (χ3n) is 3.02. The second-order valence-electron chi connectivity index (χ2n) is 4.70. The number of nitrogens with two attached hydrogens (primary N) is 1. The molecule has 0 radical (unpaired) electrons. The van der Waals surface area contributed by atoms with Gasteiger partial charge in [-0.1, -0.05) is 18.2 Å². The summed E-state index contributed by atoms with van der Waals surface area (Å²) in [5, 5.41) is 0. The zero-order valence-electron chi connectivity index (χ0n) is 11.8. The van der Waals surface area contributed by atoms with Crippen LogP contribution in [0.1, 0.15) is 24.1 Å². The Hall–Kier alpha value is -2.07. The molecule has 2 aromatic rings. The molecule has 0 amide bonds. The van der Waals surface area contributed by atoms with Crippen LogP contribution in [0.5, 0.6) is 17.2 Å². The molecule has 106 valence electrons. The molecule has 2 rings (SSSR count). The monoisotopic (exact) mass is 275 g/mol. The van der Waals surface area contributed by atoms with E-state index in [-0.39, 0.29) is 11.8 Å². The van der Waals surface area contributed by atoms with Crippen molar-refractivity contribution < 1.29 is 13.9 Å². The van der Waals surface area contributed by atoms with Gasteiger partial charge in [-0.05, 0) is 37.6 Å². The number of halogens is 1. The van der Waals surface area contributed by atoms with Crippen LogP contribution in [0.3, 0.4) is 0 Å². The zero-order chi connectivity index (χ0) is 14.7. The molecule has 0 unspecified atom stereocenters. The maximum atomic E-state index is 14.0. The lowest BCUT2D eigenvalue weighted by Gasteiger charge is -2.16. The van der Waals surface area contributed by atoms with E-state index in [1.807, 2.05) is 19.1 Å². The van der Waals surface area contributed by atoms with Crippen molar-refractivity contribution in [2.24, 2.45) is 5.73 Å².